The van der Waals surface area contributed by atoms with Crippen molar-refractivity contribution in [1.29, 1.82) is 0 Å². The molecular weight excluding hydrogens is 192 g/mol. The van der Waals surface area contributed by atoms with Gasteiger partial charge in [-0.05, 0) is 37.0 Å². The van der Waals surface area contributed by atoms with Crippen LogP contribution in [0.15, 0.2) is 11.6 Å². The molecule has 0 heterocycles. The average molecular weight is 215 g/mol. The standard InChI is InChI=1S/C13H23Cl/c1-5-10(6-2)11-7-12(14)9-13(3,4)8-11/h7,10,12H,5-6,8-9H2,1-4H3. The Bertz CT molecular complexity index is 211. The van der Waals surface area contributed by atoms with Crippen molar-refractivity contribution < 1.29 is 0 Å². The van der Waals surface area contributed by atoms with E-state index in [4.69, 9.17) is 11.6 Å². The van der Waals surface area contributed by atoms with Crippen LogP contribution >= 0.6 is 11.6 Å². The Balaban J connectivity index is 2.77. The fourth-order valence-electron chi connectivity index (χ4n) is 2.60. The summed E-state index contributed by atoms with van der Waals surface area (Å²) < 4.78 is 0. The SMILES string of the molecule is CCC(CC)C1=CC(Cl)CC(C)(C)C1. The van der Waals surface area contributed by atoms with Gasteiger partial charge in [0, 0.05) is 0 Å². The molecule has 1 aliphatic carbocycles. The highest BCUT2D eigenvalue weighted by molar-refractivity contribution is 6.21. The van der Waals surface area contributed by atoms with Gasteiger partial charge < -0.3 is 0 Å². The number of alkyl halides is 1. The third-order valence-corrected chi connectivity index (χ3v) is 3.62. The second-order valence-corrected chi connectivity index (χ2v) is 5.88. The van der Waals surface area contributed by atoms with Gasteiger partial charge in [0.25, 0.3) is 0 Å². The Hall–Kier alpha value is 0.0300. The van der Waals surface area contributed by atoms with Gasteiger partial charge in [0.05, 0.1) is 5.38 Å². The first-order chi connectivity index (χ1) is 6.48. The Labute approximate surface area is 93.7 Å². The predicted molar refractivity (Wildman–Crippen MR) is 64.8 cm³/mol. The lowest BCUT2D eigenvalue weighted by Crippen LogP contribution is -2.24. The number of hydrogen-bond donors (Lipinski definition) is 0. The van der Waals surface area contributed by atoms with E-state index in [1.807, 2.05) is 0 Å². The largest absolute Gasteiger partial charge is 0.118 e. The molecule has 0 spiro atoms. The molecule has 0 aromatic rings. The molecule has 0 bridgehead atoms. The lowest BCUT2D eigenvalue weighted by Gasteiger charge is -2.35. The molecule has 0 N–H and O–H groups in total. The molecule has 1 heteroatoms. The van der Waals surface area contributed by atoms with E-state index in [2.05, 4.69) is 33.8 Å². The smallest absolute Gasteiger partial charge is 0.0523 e. The second kappa shape index (κ2) is 4.70. The molecule has 82 valence electrons. The summed E-state index contributed by atoms with van der Waals surface area (Å²) in [6.07, 6.45) is 7.18. The van der Waals surface area contributed by atoms with Crippen molar-refractivity contribution in [3.8, 4) is 0 Å². The van der Waals surface area contributed by atoms with E-state index in [9.17, 15) is 0 Å². The number of halogens is 1. The van der Waals surface area contributed by atoms with Gasteiger partial charge in [-0.15, -0.1) is 11.6 Å². The molecule has 0 aliphatic heterocycles. The van der Waals surface area contributed by atoms with Crippen molar-refractivity contribution in [3.63, 3.8) is 0 Å². The zero-order valence-electron chi connectivity index (χ0n) is 9.94. The van der Waals surface area contributed by atoms with Crippen LogP contribution in [0.25, 0.3) is 0 Å². The topological polar surface area (TPSA) is 0 Å². The maximum absolute atomic E-state index is 6.28. The summed E-state index contributed by atoms with van der Waals surface area (Å²) in [5, 5.41) is 0.259. The Morgan fingerprint density at radius 3 is 2.43 bits per heavy atom. The molecule has 0 nitrogen and oxygen atoms in total. The summed E-state index contributed by atoms with van der Waals surface area (Å²) in [4.78, 5) is 0. The minimum absolute atomic E-state index is 0.259. The number of hydrogen-bond acceptors (Lipinski definition) is 0. The summed E-state index contributed by atoms with van der Waals surface area (Å²) in [7, 11) is 0. The van der Waals surface area contributed by atoms with E-state index >= 15 is 0 Å². The fraction of sp³-hybridized carbons (Fsp3) is 0.846. The zero-order valence-corrected chi connectivity index (χ0v) is 10.7. The van der Waals surface area contributed by atoms with E-state index in [0.717, 1.165) is 12.3 Å². The van der Waals surface area contributed by atoms with E-state index in [0.29, 0.717) is 5.41 Å². The summed E-state index contributed by atoms with van der Waals surface area (Å²) in [6, 6.07) is 0. The van der Waals surface area contributed by atoms with Crippen LogP contribution in [0.5, 0.6) is 0 Å². The van der Waals surface area contributed by atoms with Crippen molar-refractivity contribution in [3.05, 3.63) is 11.6 Å². The Morgan fingerprint density at radius 1 is 1.43 bits per heavy atom. The molecule has 0 radical (unpaired) electrons. The van der Waals surface area contributed by atoms with Gasteiger partial charge in [-0.1, -0.05) is 39.3 Å². The third-order valence-electron chi connectivity index (χ3n) is 3.34. The molecule has 1 rings (SSSR count). The molecule has 0 saturated carbocycles. The van der Waals surface area contributed by atoms with Gasteiger partial charge in [0.1, 0.15) is 0 Å². The van der Waals surface area contributed by atoms with Gasteiger partial charge in [0.15, 0.2) is 0 Å². The fourth-order valence-corrected chi connectivity index (χ4v) is 3.18. The highest BCUT2D eigenvalue weighted by atomic mass is 35.5. The quantitative estimate of drug-likeness (QED) is 0.469. The molecule has 0 fully saturated rings. The molecule has 0 aromatic carbocycles. The molecule has 0 saturated heterocycles. The number of rotatable bonds is 3. The van der Waals surface area contributed by atoms with Gasteiger partial charge >= 0.3 is 0 Å². The van der Waals surface area contributed by atoms with Crippen LogP contribution in [-0.2, 0) is 0 Å². The van der Waals surface area contributed by atoms with Gasteiger partial charge in [-0.3, -0.25) is 0 Å². The first kappa shape index (κ1) is 12.1. The van der Waals surface area contributed by atoms with Crippen LogP contribution in [0, 0.1) is 11.3 Å². The van der Waals surface area contributed by atoms with Crippen molar-refractivity contribution in [1.82, 2.24) is 0 Å². The van der Waals surface area contributed by atoms with Crippen molar-refractivity contribution >= 4 is 11.6 Å². The maximum Gasteiger partial charge on any atom is 0.0523 e. The van der Waals surface area contributed by atoms with Crippen LogP contribution in [0.1, 0.15) is 53.4 Å². The molecule has 1 unspecified atom stereocenters. The van der Waals surface area contributed by atoms with Crippen LogP contribution in [0.2, 0.25) is 0 Å². The minimum Gasteiger partial charge on any atom is -0.118 e. The Morgan fingerprint density at radius 2 is 2.00 bits per heavy atom. The van der Waals surface area contributed by atoms with Crippen LogP contribution < -0.4 is 0 Å². The van der Waals surface area contributed by atoms with E-state index in [1.165, 1.54) is 19.3 Å². The summed E-state index contributed by atoms with van der Waals surface area (Å²) >= 11 is 6.28. The van der Waals surface area contributed by atoms with Gasteiger partial charge in [-0.25, -0.2) is 0 Å². The van der Waals surface area contributed by atoms with E-state index in [-0.39, 0.29) is 5.38 Å². The second-order valence-electron chi connectivity index (χ2n) is 5.32. The van der Waals surface area contributed by atoms with Crippen molar-refractivity contribution in [2.45, 2.75) is 58.8 Å². The summed E-state index contributed by atoms with van der Waals surface area (Å²) in [5.74, 6) is 0.760. The highest BCUT2D eigenvalue weighted by Crippen LogP contribution is 2.41. The predicted octanol–water partition coefficient (Wildman–Crippen LogP) is 4.78. The number of allylic oxidation sites excluding steroid dienone is 2. The summed E-state index contributed by atoms with van der Waals surface area (Å²) in [5.41, 5.74) is 2.00. The molecule has 0 aromatic heterocycles. The van der Waals surface area contributed by atoms with E-state index in [1.54, 1.807) is 5.57 Å². The third kappa shape index (κ3) is 3.02. The first-order valence-corrected chi connectivity index (χ1v) is 6.26. The molecule has 1 atom stereocenters. The zero-order chi connectivity index (χ0) is 10.8. The normalized spacial score (nSPS) is 26.4. The molecule has 14 heavy (non-hydrogen) atoms. The van der Waals surface area contributed by atoms with Crippen molar-refractivity contribution in [2.24, 2.45) is 11.3 Å². The van der Waals surface area contributed by atoms with Crippen molar-refractivity contribution in [2.75, 3.05) is 0 Å². The average Bonchev–Trinajstić information content (AvgIpc) is 2.02. The van der Waals surface area contributed by atoms with Crippen LogP contribution in [-0.4, -0.2) is 5.38 Å². The van der Waals surface area contributed by atoms with Crippen LogP contribution in [0.3, 0.4) is 0 Å². The van der Waals surface area contributed by atoms with Crippen LogP contribution in [0.4, 0.5) is 0 Å². The first-order valence-electron chi connectivity index (χ1n) is 5.83. The van der Waals surface area contributed by atoms with Gasteiger partial charge in [0.2, 0.25) is 0 Å². The highest BCUT2D eigenvalue weighted by Gasteiger charge is 2.29. The molecule has 1 aliphatic rings. The lowest BCUT2D eigenvalue weighted by molar-refractivity contribution is 0.303. The summed E-state index contributed by atoms with van der Waals surface area (Å²) in [6.45, 7) is 9.22. The minimum atomic E-state index is 0.259. The van der Waals surface area contributed by atoms with E-state index < -0.39 is 0 Å². The molecular formula is C13H23Cl. The lowest BCUT2D eigenvalue weighted by atomic mass is 9.73. The molecule has 0 amide bonds. The van der Waals surface area contributed by atoms with Gasteiger partial charge in [-0.2, -0.15) is 0 Å². The monoisotopic (exact) mass is 214 g/mol. The Kier molecular flexibility index (Phi) is 4.06. The maximum atomic E-state index is 6.28.